The number of nitrogens with one attached hydrogen (secondary N) is 1. The number of hydrogen-bond acceptors (Lipinski definition) is 3. The van der Waals surface area contributed by atoms with E-state index in [2.05, 4.69) is 17.3 Å². The molecule has 2 atom stereocenters. The van der Waals surface area contributed by atoms with E-state index in [0.29, 0.717) is 18.6 Å². The van der Waals surface area contributed by atoms with Crippen molar-refractivity contribution in [1.29, 1.82) is 0 Å². The molecule has 0 aromatic rings. The van der Waals surface area contributed by atoms with Gasteiger partial charge in [-0.05, 0) is 20.0 Å². The molecule has 2 aliphatic heterocycles. The van der Waals surface area contributed by atoms with Gasteiger partial charge in [0.15, 0.2) is 0 Å². The van der Waals surface area contributed by atoms with E-state index < -0.39 is 0 Å². The summed E-state index contributed by atoms with van der Waals surface area (Å²) in [6, 6.07) is 0.310. The largest absolute Gasteiger partial charge is 0.449 e. The van der Waals surface area contributed by atoms with Crippen LogP contribution in [0.2, 0.25) is 0 Å². The molecule has 68 valence electrons. The van der Waals surface area contributed by atoms with Gasteiger partial charge >= 0.3 is 6.09 Å². The summed E-state index contributed by atoms with van der Waals surface area (Å²) in [5.74, 6) is 0.527. The molecule has 0 aliphatic carbocycles. The van der Waals surface area contributed by atoms with Gasteiger partial charge in [0.25, 0.3) is 0 Å². The topological polar surface area (TPSA) is 41.6 Å². The fourth-order valence-corrected chi connectivity index (χ4v) is 1.90. The molecule has 4 nitrogen and oxygen atoms in total. The molecule has 0 radical (unpaired) electrons. The number of fused-ring (bicyclic) bond motifs is 1. The Morgan fingerprint density at radius 1 is 1.67 bits per heavy atom. The smallest absolute Gasteiger partial charge is 0.407 e. The van der Waals surface area contributed by atoms with Gasteiger partial charge in [-0.25, -0.2) is 4.79 Å². The first-order valence-corrected chi connectivity index (χ1v) is 4.37. The first-order chi connectivity index (χ1) is 5.75. The van der Waals surface area contributed by atoms with Crippen LogP contribution in [0.15, 0.2) is 0 Å². The van der Waals surface area contributed by atoms with Crippen LogP contribution < -0.4 is 5.32 Å². The Labute approximate surface area is 71.9 Å². The molecule has 1 N–H and O–H groups in total. The van der Waals surface area contributed by atoms with E-state index in [4.69, 9.17) is 4.74 Å². The van der Waals surface area contributed by atoms with Crippen molar-refractivity contribution in [3.63, 3.8) is 0 Å². The Bertz CT molecular complexity index is 195. The maximum absolute atomic E-state index is 10.9. The number of carbonyl (C=O) groups is 1. The lowest BCUT2D eigenvalue weighted by atomic mass is 9.92. The van der Waals surface area contributed by atoms with Crippen molar-refractivity contribution in [2.75, 3.05) is 26.7 Å². The van der Waals surface area contributed by atoms with Gasteiger partial charge in [0.05, 0.1) is 12.6 Å². The van der Waals surface area contributed by atoms with Crippen LogP contribution in [0.5, 0.6) is 0 Å². The lowest BCUT2D eigenvalue weighted by Crippen LogP contribution is -2.56. The molecule has 4 heteroatoms. The minimum atomic E-state index is -0.258. The molecule has 2 aliphatic rings. The summed E-state index contributed by atoms with van der Waals surface area (Å²) in [6.45, 7) is 2.67. The van der Waals surface area contributed by atoms with Gasteiger partial charge in [0.2, 0.25) is 0 Å². The number of nitrogens with zero attached hydrogens (tertiary/aromatic N) is 1. The Balaban J connectivity index is 1.99. The van der Waals surface area contributed by atoms with Crippen LogP contribution >= 0.6 is 0 Å². The van der Waals surface area contributed by atoms with Crippen molar-refractivity contribution >= 4 is 6.09 Å². The maximum Gasteiger partial charge on any atom is 0.407 e. The first-order valence-electron chi connectivity index (χ1n) is 4.37. The highest BCUT2D eigenvalue weighted by Gasteiger charge is 2.33. The minimum Gasteiger partial charge on any atom is -0.449 e. The Morgan fingerprint density at radius 3 is 3.33 bits per heavy atom. The van der Waals surface area contributed by atoms with Crippen LogP contribution in [0.25, 0.3) is 0 Å². The van der Waals surface area contributed by atoms with Crippen LogP contribution in [-0.4, -0.2) is 43.8 Å². The average Bonchev–Trinajstić information content (AvgIpc) is 2.03. The van der Waals surface area contributed by atoms with E-state index >= 15 is 0 Å². The zero-order valence-electron chi connectivity index (χ0n) is 7.25. The predicted octanol–water partition coefficient (Wildman–Crippen LogP) is 0.0465. The zero-order valence-corrected chi connectivity index (χ0v) is 7.25. The molecule has 0 unspecified atom stereocenters. The summed E-state index contributed by atoms with van der Waals surface area (Å²) in [4.78, 5) is 13.1. The zero-order chi connectivity index (χ0) is 8.55. The van der Waals surface area contributed by atoms with E-state index in [-0.39, 0.29) is 6.09 Å². The maximum atomic E-state index is 10.9. The minimum absolute atomic E-state index is 0.258. The lowest BCUT2D eigenvalue weighted by Gasteiger charge is -2.39. The number of ether oxygens (including phenoxy) is 1. The van der Waals surface area contributed by atoms with Crippen molar-refractivity contribution in [2.45, 2.75) is 12.5 Å². The molecule has 1 amide bonds. The summed E-state index contributed by atoms with van der Waals surface area (Å²) in [5, 5.41) is 2.85. The molecule has 0 aromatic heterocycles. The van der Waals surface area contributed by atoms with Crippen LogP contribution in [0.1, 0.15) is 6.42 Å². The second kappa shape index (κ2) is 2.94. The quantitative estimate of drug-likeness (QED) is 0.558. The van der Waals surface area contributed by atoms with Gasteiger partial charge in [-0.15, -0.1) is 0 Å². The number of carbonyl (C=O) groups excluding carboxylic acids is 1. The van der Waals surface area contributed by atoms with Gasteiger partial charge in [-0.2, -0.15) is 0 Å². The van der Waals surface area contributed by atoms with Gasteiger partial charge in [-0.1, -0.05) is 0 Å². The molecule has 0 spiro atoms. The molecule has 0 aromatic carbocycles. The van der Waals surface area contributed by atoms with E-state index in [1.807, 2.05) is 0 Å². The van der Waals surface area contributed by atoms with Crippen LogP contribution in [-0.2, 0) is 4.74 Å². The molecule has 0 bridgehead atoms. The van der Waals surface area contributed by atoms with E-state index in [1.54, 1.807) is 0 Å². The SMILES string of the molecule is CN1CC[C@@H]2COC(=O)N[C@H]2C1. The molecule has 2 fully saturated rings. The fraction of sp³-hybridized carbons (Fsp3) is 0.875. The molecular weight excluding hydrogens is 156 g/mol. The molecule has 2 heterocycles. The molecule has 2 rings (SSSR count). The number of piperidine rings is 1. The lowest BCUT2D eigenvalue weighted by molar-refractivity contribution is 0.0464. The van der Waals surface area contributed by atoms with Crippen molar-refractivity contribution in [3.05, 3.63) is 0 Å². The van der Waals surface area contributed by atoms with Crippen LogP contribution in [0.3, 0.4) is 0 Å². The highest BCUT2D eigenvalue weighted by molar-refractivity contribution is 5.68. The third kappa shape index (κ3) is 1.39. The Morgan fingerprint density at radius 2 is 2.50 bits per heavy atom. The highest BCUT2D eigenvalue weighted by Crippen LogP contribution is 2.20. The Hall–Kier alpha value is -0.770. The average molecular weight is 170 g/mol. The normalized spacial score (nSPS) is 36.6. The number of likely N-dealkylation sites (tertiary alicyclic amines) is 1. The monoisotopic (exact) mass is 170 g/mol. The first kappa shape index (κ1) is 7.86. The second-order valence-corrected chi connectivity index (χ2v) is 3.66. The number of likely N-dealkylation sites (N-methyl/N-ethyl adjacent to an activating group) is 1. The van der Waals surface area contributed by atoms with E-state index in [1.165, 1.54) is 0 Å². The van der Waals surface area contributed by atoms with Crippen LogP contribution in [0.4, 0.5) is 4.79 Å². The van der Waals surface area contributed by atoms with E-state index in [0.717, 1.165) is 19.5 Å². The van der Waals surface area contributed by atoms with Crippen molar-refractivity contribution < 1.29 is 9.53 Å². The van der Waals surface area contributed by atoms with E-state index in [9.17, 15) is 4.79 Å². The predicted molar refractivity (Wildman–Crippen MR) is 43.9 cm³/mol. The highest BCUT2D eigenvalue weighted by atomic mass is 16.6. The summed E-state index contributed by atoms with van der Waals surface area (Å²) in [5.41, 5.74) is 0. The number of cyclic esters (lactones) is 1. The van der Waals surface area contributed by atoms with Gasteiger partial charge in [0.1, 0.15) is 0 Å². The number of amides is 1. The van der Waals surface area contributed by atoms with Gasteiger partial charge in [-0.3, -0.25) is 0 Å². The van der Waals surface area contributed by atoms with Crippen LogP contribution in [0, 0.1) is 5.92 Å². The molecule has 0 saturated carbocycles. The number of rotatable bonds is 0. The number of hydrogen-bond donors (Lipinski definition) is 1. The molecule has 2 saturated heterocycles. The summed E-state index contributed by atoms with van der Waals surface area (Å²) >= 11 is 0. The van der Waals surface area contributed by atoms with Crippen molar-refractivity contribution in [3.8, 4) is 0 Å². The molecular formula is C8H14N2O2. The fourth-order valence-electron chi connectivity index (χ4n) is 1.90. The summed E-state index contributed by atoms with van der Waals surface area (Å²) in [6.07, 6.45) is 0.869. The van der Waals surface area contributed by atoms with Crippen molar-refractivity contribution in [1.82, 2.24) is 10.2 Å². The van der Waals surface area contributed by atoms with Crippen molar-refractivity contribution in [2.24, 2.45) is 5.92 Å². The summed E-state index contributed by atoms with van der Waals surface area (Å²) in [7, 11) is 2.08. The summed E-state index contributed by atoms with van der Waals surface area (Å²) < 4.78 is 4.91. The van der Waals surface area contributed by atoms with Gasteiger partial charge < -0.3 is 15.0 Å². The molecule has 12 heavy (non-hydrogen) atoms. The second-order valence-electron chi connectivity index (χ2n) is 3.66. The third-order valence-electron chi connectivity index (χ3n) is 2.69. The Kier molecular flexibility index (Phi) is 1.92. The standard InChI is InChI=1S/C8H14N2O2/c1-10-3-2-6-5-12-8(11)9-7(6)4-10/h6-7H,2-5H2,1H3,(H,9,11)/t6-,7+/m1/s1. The number of alkyl carbamates (subject to hydrolysis) is 1. The van der Waals surface area contributed by atoms with Gasteiger partial charge in [0, 0.05) is 12.5 Å². The third-order valence-corrected chi connectivity index (χ3v) is 2.69.